The molecular weight excluding hydrogens is 445 g/mol. The lowest BCUT2D eigenvalue weighted by Gasteiger charge is -2.15. The summed E-state index contributed by atoms with van der Waals surface area (Å²) in [5.41, 5.74) is -0.937. The Morgan fingerprint density at radius 2 is 1.63 bits per heavy atom. The number of pyridine rings is 1. The molecule has 10 heteroatoms. The van der Waals surface area contributed by atoms with E-state index in [1.165, 1.54) is 42.5 Å². The lowest BCUT2D eigenvalue weighted by molar-refractivity contribution is -0.137. The Labute approximate surface area is 178 Å². The zero-order valence-electron chi connectivity index (χ0n) is 15.0. The highest BCUT2D eigenvalue weighted by atomic mass is 35.5. The first-order valence-corrected chi connectivity index (χ1v) is 9.20. The maximum atomic E-state index is 13.5. The van der Waals surface area contributed by atoms with Crippen LogP contribution in [0.2, 0.25) is 10.0 Å². The topological polar surface area (TPSA) is 54.0 Å². The molecule has 1 aromatic heterocycles. The van der Waals surface area contributed by atoms with E-state index in [1.54, 1.807) is 0 Å². The van der Waals surface area contributed by atoms with Gasteiger partial charge in [0.25, 0.3) is 5.91 Å². The first-order valence-electron chi connectivity index (χ1n) is 8.45. The van der Waals surface area contributed by atoms with Gasteiger partial charge in [0.1, 0.15) is 11.6 Å². The van der Waals surface area contributed by atoms with Crippen LogP contribution in [-0.4, -0.2) is 10.9 Å². The molecular formula is C20H13Cl2F4N3O. The standard InChI is InChI=1S/C20H13Cl2F4N3O/c21-12-5-13(22)7-15(6-12)29-18-8-17(20(24,25)26)16(10-27-18)19(30)28-9-11-1-3-14(23)4-2-11/h1-8,10H,9H2,(H,27,29)(H,28,30). The Morgan fingerprint density at radius 3 is 2.23 bits per heavy atom. The molecule has 3 aromatic rings. The molecule has 0 unspecified atom stereocenters. The fourth-order valence-corrected chi connectivity index (χ4v) is 3.12. The van der Waals surface area contributed by atoms with Gasteiger partial charge in [0.15, 0.2) is 0 Å². The number of hydrogen-bond donors (Lipinski definition) is 2. The normalized spacial score (nSPS) is 11.3. The van der Waals surface area contributed by atoms with Gasteiger partial charge in [-0.25, -0.2) is 9.37 Å². The predicted molar refractivity (Wildman–Crippen MR) is 107 cm³/mol. The van der Waals surface area contributed by atoms with Crippen LogP contribution in [0, 0.1) is 5.82 Å². The van der Waals surface area contributed by atoms with E-state index in [4.69, 9.17) is 23.2 Å². The molecule has 0 saturated carbocycles. The van der Waals surface area contributed by atoms with Crippen molar-refractivity contribution in [2.75, 3.05) is 5.32 Å². The SMILES string of the molecule is O=C(NCc1ccc(F)cc1)c1cnc(Nc2cc(Cl)cc(Cl)c2)cc1C(F)(F)F. The van der Waals surface area contributed by atoms with Crippen LogP contribution in [0.3, 0.4) is 0 Å². The quantitative estimate of drug-likeness (QED) is 0.447. The number of hydrogen-bond acceptors (Lipinski definition) is 3. The molecule has 1 amide bonds. The van der Waals surface area contributed by atoms with Crippen LogP contribution in [0.1, 0.15) is 21.5 Å². The van der Waals surface area contributed by atoms with Crippen LogP contribution >= 0.6 is 23.2 Å². The molecule has 0 aliphatic rings. The number of carbonyl (C=O) groups is 1. The van der Waals surface area contributed by atoms with Crippen molar-refractivity contribution in [1.82, 2.24) is 10.3 Å². The molecule has 0 saturated heterocycles. The van der Waals surface area contributed by atoms with Crippen LogP contribution in [0.25, 0.3) is 0 Å². The van der Waals surface area contributed by atoms with Crippen molar-refractivity contribution in [3.63, 3.8) is 0 Å². The van der Waals surface area contributed by atoms with Gasteiger partial charge in [-0.15, -0.1) is 0 Å². The van der Waals surface area contributed by atoms with Gasteiger partial charge in [0.05, 0.1) is 11.1 Å². The lowest BCUT2D eigenvalue weighted by Crippen LogP contribution is -2.26. The van der Waals surface area contributed by atoms with Crippen molar-refractivity contribution in [3.8, 4) is 0 Å². The van der Waals surface area contributed by atoms with Gasteiger partial charge >= 0.3 is 6.18 Å². The van der Waals surface area contributed by atoms with E-state index in [0.717, 1.165) is 12.3 Å². The highest BCUT2D eigenvalue weighted by Gasteiger charge is 2.36. The van der Waals surface area contributed by atoms with Crippen molar-refractivity contribution in [1.29, 1.82) is 0 Å². The van der Waals surface area contributed by atoms with Crippen molar-refractivity contribution >= 4 is 40.6 Å². The summed E-state index contributed by atoms with van der Waals surface area (Å²) in [4.78, 5) is 16.2. The van der Waals surface area contributed by atoms with E-state index in [-0.39, 0.29) is 22.4 Å². The summed E-state index contributed by atoms with van der Waals surface area (Å²) >= 11 is 11.8. The minimum atomic E-state index is -4.80. The molecule has 0 radical (unpaired) electrons. The number of nitrogens with one attached hydrogen (secondary N) is 2. The average Bonchev–Trinajstić information content (AvgIpc) is 2.66. The van der Waals surface area contributed by atoms with Crippen LogP contribution in [-0.2, 0) is 12.7 Å². The maximum absolute atomic E-state index is 13.5. The molecule has 156 valence electrons. The fourth-order valence-electron chi connectivity index (χ4n) is 2.59. The first kappa shape index (κ1) is 21.9. The first-order chi connectivity index (χ1) is 14.1. The second kappa shape index (κ2) is 8.89. The van der Waals surface area contributed by atoms with Gasteiger partial charge in [-0.1, -0.05) is 35.3 Å². The summed E-state index contributed by atoms with van der Waals surface area (Å²) in [5.74, 6) is -1.56. The van der Waals surface area contributed by atoms with Gasteiger partial charge in [-0.2, -0.15) is 13.2 Å². The Hall–Kier alpha value is -2.84. The molecule has 3 rings (SSSR count). The number of rotatable bonds is 5. The summed E-state index contributed by atoms with van der Waals surface area (Å²) in [6.45, 7) is -0.0720. The highest BCUT2D eigenvalue weighted by molar-refractivity contribution is 6.35. The Morgan fingerprint density at radius 1 is 1.00 bits per heavy atom. The van der Waals surface area contributed by atoms with Crippen molar-refractivity contribution in [3.05, 3.63) is 87.3 Å². The minimum Gasteiger partial charge on any atom is -0.348 e. The third-order valence-electron chi connectivity index (χ3n) is 3.96. The zero-order chi connectivity index (χ0) is 21.9. The summed E-state index contributed by atoms with van der Waals surface area (Å²) in [5, 5.41) is 5.63. The molecule has 2 N–H and O–H groups in total. The molecule has 0 aliphatic heterocycles. The molecule has 0 bridgehead atoms. The molecule has 4 nitrogen and oxygen atoms in total. The third kappa shape index (κ3) is 5.61. The number of benzene rings is 2. The fraction of sp³-hybridized carbons (Fsp3) is 0.100. The third-order valence-corrected chi connectivity index (χ3v) is 4.39. The van der Waals surface area contributed by atoms with Crippen LogP contribution in [0.4, 0.5) is 29.1 Å². The molecule has 0 atom stereocenters. The van der Waals surface area contributed by atoms with Crippen LogP contribution in [0.15, 0.2) is 54.7 Å². The van der Waals surface area contributed by atoms with Gasteiger partial charge in [-0.3, -0.25) is 4.79 Å². The molecule has 1 heterocycles. The average molecular weight is 458 g/mol. The summed E-state index contributed by atoms with van der Waals surface area (Å²) in [7, 11) is 0. The number of alkyl halides is 3. The number of nitrogens with zero attached hydrogens (tertiary/aromatic N) is 1. The van der Waals surface area contributed by atoms with E-state index in [0.29, 0.717) is 11.3 Å². The number of carbonyl (C=O) groups excluding carboxylic acids is 1. The highest BCUT2D eigenvalue weighted by Crippen LogP contribution is 2.34. The predicted octanol–water partition coefficient (Wildman–Crippen LogP) is 6.22. The maximum Gasteiger partial charge on any atom is 0.417 e. The smallest absolute Gasteiger partial charge is 0.348 e. The molecule has 0 aliphatic carbocycles. The Kier molecular flexibility index (Phi) is 6.48. The van der Waals surface area contributed by atoms with E-state index in [1.807, 2.05) is 0 Å². The summed E-state index contributed by atoms with van der Waals surface area (Å²) in [6.07, 6.45) is -3.97. The number of anilines is 2. The molecule has 2 aromatic carbocycles. The van der Waals surface area contributed by atoms with E-state index < -0.39 is 29.0 Å². The number of aromatic nitrogens is 1. The molecule has 30 heavy (non-hydrogen) atoms. The zero-order valence-corrected chi connectivity index (χ0v) is 16.5. The van der Waals surface area contributed by atoms with Gasteiger partial charge in [0.2, 0.25) is 0 Å². The minimum absolute atomic E-state index is 0.0720. The summed E-state index contributed by atoms with van der Waals surface area (Å²) < 4.78 is 53.6. The molecule has 0 spiro atoms. The van der Waals surface area contributed by atoms with Gasteiger partial charge in [0, 0.05) is 28.5 Å². The van der Waals surface area contributed by atoms with E-state index in [9.17, 15) is 22.4 Å². The van der Waals surface area contributed by atoms with E-state index in [2.05, 4.69) is 15.6 Å². The van der Waals surface area contributed by atoms with Gasteiger partial charge < -0.3 is 10.6 Å². The van der Waals surface area contributed by atoms with Crippen molar-refractivity contribution in [2.45, 2.75) is 12.7 Å². The second-order valence-electron chi connectivity index (χ2n) is 6.21. The van der Waals surface area contributed by atoms with Crippen molar-refractivity contribution in [2.24, 2.45) is 0 Å². The summed E-state index contributed by atoms with van der Waals surface area (Å²) in [6, 6.07) is 10.3. The number of amides is 1. The molecule has 0 fully saturated rings. The largest absolute Gasteiger partial charge is 0.417 e. The van der Waals surface area contributed by atoms with Gasteiger partial charge in [-0.05, 0) is 42.0 Å². The Balaban J connectivity index is 1.83. The van der Waals surface area contributed by atoms with Crippen LogP contribution in [0.5, 0.6) is 0 Å². The van der Waals surface area contributed by atoms with E-state index >= 15 is 0 Å². The second-order valence-corrected chi connectivity index (χ2v) is 7.08. The van der Waals surface area contributed by atoms with Crippen molar-refractivity contribution < 1.29 is 22.4 Å². The lowest BCUT2D eigenvalue weighted by atomic mass is 10.1. The monoisotopic (exact) mass is 457 g/mol. The Bertz CT molecular complexity index is 1050. The number of halogens is 6. The van der Waals surface area contributed by atoms with Crippen LogP contribution < -0.4 is 10.6 Å².